The molecule has 2 saturated carbocycles. The molecular formula is C20H33N3O2S. The van der Waals surface area contributed by atoms with Crippen molar-refractivity contribution in [3.05, 3.63) is 29.8 Å². The maximum Gasteiger partial charge on any atom is 0.214 e. The molecule has 146 valence electrons. The predicted octanol–water partition coefficient (Wildman–Crippen LogP) is 3.71. The topological polar surface area (TPSA) is 70.2 Å². The van der Waals surface area contributed by atoms with Gasteiger partial charge in [0.2, 0.25) is 10.9 Å². The van der Waals surface area contributed by atoms with Gasteiger partial charge < -0.3 is 5.32 Å². The van der Waals surface area contributed by atoms with E-state index < -0.39 is 10.9 Å². The Labute approximate surface area is 159 Å². The SMILES string of the molecule is CC1(C)CCC(c2ccc(NC3CCC(NN[SH](=O)=O)CC3)cc2)CC1. The number of thiol groups is 1. The van der Waals surface area contributed by atoms with Crippen molar-refractivity contribution < 1.29 is 8.42 Å². The maximum atomic E-state index is 10.6. The molecule has 2 fully saturated rings. The Bertz CT molecular complexity index is 632. The van der Waals surface area contributed by atoms with Crippen LogP contribution in [-0.4, -0.2) is 20.5 Å². The second kappa shape index (κ2) is 8.72. The molecule has 26 heavy (non-hydrogen) atoms. The first-order chi connectivity index (χ1) is 12.4. The van der Waals surface area contributed by atoms with Gasteiger partial charge in [0.05, 0.1) is 0 Å². The fourth-order valence-corrected chi connectivity index (χ4v) is 4.63. The van der Waals surface area contributed by atoms with E-state index in [4.69, 9.17) is 0 Å². The normalized spacial score (nSPS) is 26.7. The van der Waals surface area contributed by atoms with Crippen LogP contribution in [0.3, 0.4) is 0 Å². The van der Waals surface area contributed by atoms with Gasteiger partial charge in [-0.1, -0.05) is 26.0 Å². The van der Waals surface area contributed by atoms with Gasteiger partial charge in [-0.15, -0.1) is 0 Å². The lowest BCUT2D eigenvalue weighted by atomic mass is 9.71. The van der Waals surface area contributed by atoms with Gasteiger partial charge in [0, 0.05) is 17.8 Å². The molecule has 2 aliphatic rings. The highest BCUT2D eigenvalue weighted by Gasteiger charge is 2.27. The van der Waals surface area contributed by atoms with Crippen molar-refractivity contribution in [1.29, 1.82) is 0 Å². The Morgan fingerprint density at radius 1 is 0.885 bits per heavy atom. The van der Waals surface area contributed by atoms with Gasteiger partial charge in [-0.25, -0.2) is 13.8 Å². The summed E-state index contributed by atoms with van der Waals surface area (Å²) >= 11 is 0. The largest absolute Gasteiger partial charge is 0.382 e. The summed E-state index contributed by atoms with van der Waals surface area (Å²) in [6.45, 7) is 4.77. The van der Waals surface area contributed by atoms with Crippen molar-refractivity contribution in [2.45, 2.75) is 83.2 Å². The number of rotatable bonds is 6. The Morgan fingerprint density at radius 2 is 1.46 bits per heavy atom. The molecule has 0 amide bonds. The number of hydrazine groups is 1. The van der Waals surface area contributed by atoms with E-state index >= 15 is 0 Å². The van der Waals surface area contributed by atoms with E-state index in [2.05, 4.69) is 53.7 Å². The molecule has 0 unspecified atom stereocenters. The molecule has 0 aliphatic heterocycles. The van der Waals surface area contributed by atoms with Crippen LogP contribution in [0, 0.1) is 5.41 Å². The molecule has 6 heteroatoms. The second-order valence-corrected chi connectivity index (χ2v) is 9.50. The zero-order valence-corrected chi connectivity index (χ0v) is 16.9. The van der Waals surface area contributed by atoms with Crippen LogP contribution in [0.5, 0.6) is 0 Å². The molecule has 3 N–H and O–H groups in total. The highest BCUT2D eigenvalue weighted by atomic mass is 32.2. The van der Waals surface area contributed by atoms with E-state index in [1.807, 2.05) is 0 Å². The van der Waals surface area contributed by atoms with E-state index in [-0.39, 0.29) is 6.04 Å². The van der Waals surface area contributed by atoms with Crippen LogP contribution in [0.2, 0.25) is 0 Å². The average molecular weight is 380 g/mol. The van der Waals surface area contributed by atoms with Gasteiger partial charge in [-0.2, -0.15) is 4.83 Å². The summed E-state index contributed by atoms with van der Waals surface area (Å²) in [4.78, 5) is 2.31. The average Bonchev–Trinajstić information content (AvgIpc) is 2.62. The number of anilines is 1. The minimum absolute atomic E-state index is 0.235. The van der Waals surface area contributed by atoms with Gasteiger partial charge >= 0.3 is 0 Å². The summed E-state index contributed by atoms with van der Waals surface area (Å²) < 4.78 is 21.1. The molecule has 1 aromatic carbocycles. The molecule has 1 aromatic rings. The second-order valence-electron chi connectivity index (χ2n) is 8.77. The number of nitrogens with one attached hydrogen (secondary N) is 3. The first-order valence-corrected chi connectivity index (χ1v) is 11.1. The van der Waals surface area contributed by atoms with E-state index in [0.29, 0.717) is 11.5 Å². The van der Waals surface area contributed by atoms with Crippen molar-refractivity contribution in [3.8, 4) is 0 Å². The fraction of sp³-hybridized carbons (Fsp3) is 0.700. The quantitative estimate of drug-likeness (QED) is 0.449. The Hall–Kier alpha value is -1.11. The number of benzene rings is 1. The van der Waals surface area contributed by atoms with Crippen LogP contribution >= 0.6 is 0 Å². The van der Waals surface area contributed by atoms with Crippen LogP contribution in [-0.2, 0) is 10.9 Å². The summed E-state index contributed by atoms with van der Waals surface area (Å²) in [7, 11) is -2.57. The highest BCUT2D eigenvalue weighted by molar-refractivity contribution is 7.70. The van der Waals surface area contributed by atoms with E-state index in [9.17, 15) is 8.42 Å². The van der Waals surface area contributed by atoms with Crippen LogP contribution in [0.1, 0.15) is 76.7 Å². The van der Waals surface area contributed by atoms with Crippen molar-refractivity contribution in [3.63, 3.8) is 0 Å². The van der Waals surface area contributed by atoms with Crippen LogP contribution in [0.15, 0.2) is 24.3 Å². The maximum absolute atomic E-state index is 10.6. The van der Waals surface area contributed by atoms with Crippen molar-refractivity contribution >= 4 is 16.6 Å². The molecule has 3 rings (SSSR count). The molecule has 2 aliphatic carbocycles. The van der Waals surface area contributed by atoms with Crippen LogP contribution < -0.4 is 15.6 Å². The molecule has 0 radical (unpaired) electrons. The van der Waals surface area contributed by atoms with Crippen molar-refractivity contribution in [2.24, 2.45) is 5.41 Å². The smallest absolute Gasteiger partial charge is 0.214 e. The molecule has 0 aromatic heterocycles. The fourth-order valence-electron chi connectivity index (χ4n) is 4.35. The summed E-state index contributed by atoms with van der Waals surface area (Å²) in [5.74, 6) is 0.721. The lowest BCUT2D eigenvalue weighted by Crippen LogP contribution is -2.43. The molecular weight excluding hydrogens is 346 g/mol. The van der Waals surface area contributed by atoms with E-state index in [1.165, 1.54) is 36.9 Å². The zero-order chi connectivity index (χ0) is 18.6. The van der Waals surface area contributed by atoms with Crippen molar-refractivity contribution in [1.82, 2.24) is 10.3 Å². The third-order valence-electron chi connectivity index (χ3n) is 6.18. The molecule has 0 heterocycles. The lowest BCUT2D eigenvalue weighted by Gasteiger charge is -2.34. The Morgan fingerprint density at radius 3 is 2.04 bits per heavy atom. The number of hydrogen-bond donors (Lipinski definition) is 4. The first kappa shape index (κ1) is 19.6. The summed E-state index contributed by atoms with van der Waals surface area (Å²) in [6.07, 6.45) is 9.31. The van der Waals surface area contributed by atoms with Gasteiger partial charge in [-0.3, -0.25) is 0 Å². The summed E-state index contributed by atoms with van der Waals surface area (Å²) in [5, 5.41) is 3.64. The molecule has 0 bridgehead atoms. The van der Waals surface area contributed by atoms with Crippen molar-refractivity contribution in [2.75, 3.05) is 5.32 Å². The minimum atomic E-state index is -2.57. The van der Waals surface area contributed by atoms with Gasteiger partial charge in [0.25, 0.3) is 0 Å². The standard InChI is InChI=1S/C20H33N3O2S/c1-20(2)13-11-16(12-14-20)15-3-5-17(6-4-15)21-18-7-9-19(10-8-18)22-23-26(24)25/h3-6,16,18-19,21-22,26H,7-14H2,1-2H3,(H,23,24,25). The Balaban J connectivity index is 1.45. The van der Waals surface area contributed by atoms with Gasteiger partial charge in [0.1, 0.15) is 0 Å². The third kappa shape index (κ3) is 5.69. The Kier molecular flexibility index (Phi) is 6.59. The minimum Gasteiger partial charge on any atom is -0.382 e. The van der Waals surface area contributed by atoms with Gasteiger partial charge in [-0.05, 0) is 80.4 Å². The monoisotopic (exact) mass is 379 g/mol. The third-order valence-corrected chi connectivity index (χ3v) is 6.49. The molecule has 5 nitrogen and oxygen atoms in total. The van der Waals surface area contributed by atoms with E-state index in [0.717, 1.165) is 31.6 Å². The van der Waals surface area contributed by atoms with Gasteiger partial charge in [0.15, 0.2) is 0 Å². The summed E-state index contributed by atoms with van der Waals surface area (Å²) in [5.41, 5.74) is 6.08. The van der Waals surface area contributed by atoms with Crippen LogP contribution in [0.4, 0.5) is 5.69 Å². The molecule has 0 saturated heterocycles. The zero-order valence-electron chi connectivity index (χ0n) is 16.0. The highest BCUT2D eigenvalue weighted by Crippen LogP contribution is 2.42. The predicted molar refractivity (Wildman–Crippen MR) is 108 cm³/mol. The summed E-state index contributed by atoms with van der Waals surface area (Å²) in [6, 6.07) is 9.75. The lowest BCUT2D eigenvalue weighted by molar-refractivity contribution is 0.224. The van der Waals surface area contributed by atoms with Crippen LogP contribution in [0.25, 0.3) is 0 Å². The van der Waals surface area contributed by atoms with E-state index in [1.54, 1.807) is 0 Å². The first-order valence-electron chi connectivity index (χ1n) is 9.93. The number of hydrogen-bond acceptors (Lipinski definition) is 4. The molecule has 0 spiro atoms. The molecule has 0 atom stereocenters.